The molecule has 1 aromatic carbocycles. The molecule has 0 unspecified atom stereocenters. The molecule has 0 bridgehead atoms. The maximum absolute atomic E-state index is 10.9. The van der Waals surface area contributed by atoms with Gasteiger partial charge in [0.25, 0.3) is 0 Å². The van der Waals surface area contributed by atoms with Gasteiger partial charge >= 0.3 is 5.97 Å². The summed E-state index contributed by atoms with van der Waals surface area (Å²) in [6.45, 7) is 1.41. The number of hydrogen-bond acceptors (Lipinski definition) is 2. The second-order valence-electron chi connectivity index (χ2n) is 4.17. The van der Waals surface area contributed by atoms with E-state index in [0.29, 0.717) is 36.0 Å². The van der Waals surface area contributed by atoms with Gasteiger partial charge in [-0.15, -0.1) is 0 Å². The maximum atomic E-state index is 10.9. The van der Waals surface area contributed by atoms with Crippen molar-refractivity contribution in [1.82, 2.24) is 0 Å². The minimum absolute atomic E-state index is 0.232. The summed E-state index contributed by atoms with van der Waals surface area (Å²) in [5.41, 5.74) is 0.892. The molecule has 17 heavy (non-hydrogen) atoms. The summed E-state index contributed by atoms with van der Waals surface area (Å²) in [6, 6.07) is 5.51. The van der Waals surface area contributed by atoms with Gasteiger partial charge < -0.3 is 10.0 Å². The van der Waals surface area contributed by atoms with Crippen LogP contribution in [-0.2, 0) is 4.79 Å². The van der Waals surface area contributed by atoms with E-state index in [2.05, 4.69) is 4.90 Å². The average Bonchev–Trinajstić information content (AvgIpc) is 2.33. The van der Waals surface area contributed by atoms with Gasteiger partial charge in [-0.1, -0.05) is 29.3 Å². The normalized spacial score (nSPS) is 17.2. The number of aliphatic carboxylic acids is 1. The number of carboxylic acid groups (broad SMARTS) is 1. The molecule has 2 rings (SSSR count). The van der Waals surface area contributed by atoms with Gasteiger partial charge in [-0.25, -0.2) is 0 Å². The molecular formula is C12H13Cl2NO2. The monoisotopic (exact) mass is 273 g/mol. The molecule has 0 saturated carbocycles. The minimum Gasteiger partial charge on any atom is -0.481 e. The van der Waals surface area contributed by atoms with E-state index in [9.17, 15) is 4.79 Å². The first-order valence-electron chi connectivity index (χ1n) is 5.51. The van der Waals surface area contributed by atoms with Crippen LogP contribution < -0.4 is 4.90 Å². The zero-order valence-electron chi connectivity index (χ0n) is 9.20. The summed E-state index contributed by atoms with van der Waals surface area (Å²) < 4.78 is 0. The van der Waals surface area contributed by atoms with Gasteiger partial charge in [-0.2, -0.15) is 0 Å². The zero-order valence-corrected chi connectivity index (χ0v) is 10.7. The maximum Gasteiger partial charge on any atom is 0.306 e. The van der Waals surface area contributed by atoms with Crippen LogP contribution >= 0.6 is 23.2 Å². The highest BCUT2D eigenvalue weighted by molar-refractivity contribution is 6.43. The van der Waals surface area contributed by atoms with Crippen LogP contribution in [0.25, 0.3) is 0 Å². The first-order valence-corrected chi connectivity index (χ1v) is 6.27. The van der Waals surface area contributed by atoms with E-state index >= 15 is 0 Å². The number of carboxylic acids is 1. The minimum atomic E-state index is -0.707. The quantitative estimate of drug-likeness (QED) is 0.899. The molecule has 0 atom stereocenters. The number of hydrogen-bond donors (Lipinski definition) is 1. The Bertz CT molecular complexity index is 429. The van der Waals surface area contributed by atoms with Gasteiger partial charge in [0.1, 0.15) is 0 Å². The molecule has 0 aliphatic carbocycles. The Morgan fingerprint density at radius 2 is 1.94 bits per heavy atom. The lowest BCUT2D eigenvalue weighted by Crippen LogP contribution is -2.36. The van der Waals surface area contributed by atoms with Crippen molar-refractivity contribution in [3.8, 4) is 0 Å². The summed E-state index contributed by atoms with van der Waals surface area (Å²) in [6.07, 6.45) is 1.30. The van der Waals surface area contributed by atoms with Crippen LogP contribution in [-0.4, -0.2) is 24.2 Å². The second-order valence-corrected chi connectivity index (χ2v) is 4.96. The Hall–Kier alpha value is -0.930. The number of benzene rings is 1. The molecule has 1 aromatic rings. The summed E-state index contributed by atoms with van der Waals surface area (Å²) in [7, 11) is 0. The van der Waals surface area contributed by atoms with Crippen molar-refractivity contribution in [2.24, 2.45) is 5.92 Å². The van der Waals surface area contributed by atoms with E-state index in [4.69, 9.17) is 28.3 Å². The Morgan fingerprint density at radius 1 is 1.29 bits per heavy atom. The summed E-state index contributed by atoms with van der Waals surface area (Å²) in [5, 5.41) is 10.0. The fourth-order valence-corrected chi connectivity index (χ4v) is 2.52. The molecule has 0 radical (unpaired) electrons. The lowest BCUT2D eigenvalue weighted by molar-refractivity contribution is -0.142. The first-order chi connectivity index (χ1) is 8.09. The van der Waals surface area contributed by atoms with Crippen LogP contribution in [0.2, 0.25) is 10.0 Å². The summed E-state index contributed by atoms with van der Waals surface area (Å²) in [4.78, 5) is 12.9. The molecule has 1 aliphatic rings. The van der Waals surface area contributed by atoms with E-state index in [1.54, 1.807) is 6.07 Å². The van der Waals surface area contributed by atoms with E-state index in [0.717, 1.165) is 5.69 Å². The highest BCUT2D eigenvalue weighted by Crippen LogP contribution is 2.34. The van der Waals surface area contributed by atoms with Crippen molar-refractivity contribution < 1.29 is 9.90 Å². The van der Waals surface area contributed by atoms with Crippen molar-refractivity contribution in [2.45, 2.75) is 12.8 Å². The largest absolute Gasteiger partial charge is 0.481 e. The molecule has 3 nitrogen and oxygen atoms in total. The van der Waals surface area contributed by atoms with Gasteiger partial charge in [0.05, 0.1) is 21.7 Å². The average molecular weight is 274 g/mol. The van der Waals surface area contributed by atoms with Crippen molar-refractivity contribution in [3.05, 3.63) is 28.2 Å². The number of rotatable bonds is 2. The zero-order chi connectivity index (χ0) is 12.4. The highest BCUT2D eigenvalue weighted by Gasteiger charge is 2.25. The molecule has 1 aliphatic heterocycles. The topological polar surface area (TPSA) is 40.5 Å². The fourth-order valence-electron chi connectivity index (χ4n) is 2.10. The highest BCUT2D eigenvalue weighted by atomic mass is 35.5. The SMILES string of the molecule is O=C(O)C1CCN(c2cccc(Cl)c2Cl)CC1. The number of carbonyl (C=O) groups is 1. The predicted octanol–water partition coefficient (Wildman–Crippen LogP) is 3.29. The Labute approximate surface area is 110 Å². The Morgan fingerprint density at radius 3 is 2.53 bits per heavy atom. The third kappa shape index (κ3) is 2.67. The molecule has 1 fully saturated rings. The molecule has 5 heteroatoms. The predicted molar refractivity (Wildman–Crippen MR) is 69.0 cm³/mol. The van der Waals surface area contributed by atoms with Crippen molar-refractivity contribution >= 4 is 34.9 Å². The molecule has 0 spiro atoms. The van der Waals surface area contributed by atoms with Crippen LogP contribution in [0.3, 0.4) is 0 Å². The van der Waals surface area contributed by atoms with Crippen molar-refractivity contribution in [2.75, 3.05) is 18.0 Å². The summed E-state index contributed by atoms with van der Waals surface area (Å²) in [5.74, 6) is -0.939. The number of halogens is 2. The van der Waals surface area contributed by atoms with Crippen LogP contribution in [0.4, 0.5) is 5.69 Å². The third-order valence-corrected chi connectivity index (χ3v) is 3.93. The van der Waals surface area contributed by atoms with E-state index < -0.39 is 5.97 Å². The molecular weight excluding hydrogens is 261 g/mol. The molecule has 92 valence electrons. The lowest BCUT2D eigenvalue weighted by Gasteiger charge is -2.32. The number of nitrogens with zero attached hydrogens (tertiary/aromatic N) is 1. The lowest BCUT2D eigenvalue weighted by atomic mass is 9.97. The van der Waals surface area contributed by atoms with E-state index in [-0.39, 0.29) is 5.92 Å². The number of piperidine rings is 1. The molecule has 0 amide bonds. The smallest absolute Gasteiger partial charge is 0.306 e. The van der Waals surface area contributed by atoms with Crippen LogP contribution in [0, 0.1) is 5.92 Å². The Balaban J connectivity index is 2.10. The fraction of sp³-hybridized carbons (Fsp3) is 0.417. The van der Waals surface area contributed by atoms with Gasteiger partial charge in [0, 0.05) is 13.1 Å². The van der Waals surface area contributed by atoms with E-state index in [1.165, 1.54) is 0 Å². The van der Waals surface area contributed by atoms with Gasteiger partial charge in [0.15, 0.2) is 0 Å². The molecule has 0 aromatic heterocycles. The van der Waals surface area contributed by atoms with Crippen LogP contribution in [0.15, 0.2) is 18.2 Å². The summed E-state index contributed by atoms with van der Waals surface area (Å²) >= 11 is 12.1. The first kappa shape index (κ1) is 12.5. The Kier molecular flexibility index (Phi) is 3.79. The van der Waals surface area contributed by atoms with Crippen LogP contribution in [0.5, 0.6) is 0 Å². The number of anilines is 1. The molecule has 1 saturated heterocycles. The molecule has 1 N–H and O–H groups in total. The van der Waals surface area contributed by atoms with Crippen LogP contribution in [0.1, 0.15) is 12.8 Å². The second kappa shape index (κ2) is 5.15. The third-order valence-electron chi connectivity index (χ3n) is 3.12. The van der Waals surface area contributed by atoms with Gasteiger partial charge in [-0.3, -0.25) is 4.79 Å². The van der Waals surface area contributed by atoms with E-state index in [1.807, 2.05) is 12.1 Å². The standard InChI is InChI=1S/C12H13Cl2NO2/c13-9-2-1-3-10(11(9)14)15-6-4-8(5-7-15)12(16)17/h1-3,8H,4-7H2,(H,16,17). The van der Waals surface area contributed by atoms with Gasteiger partial charge in [-0.05, 0) is 25.0 Å². The molecule has 1 heterocycles. The van der Waals surface area contributed by atoms with Gasteiger partial charge in [0.2, 0.25) is 0 Å². The van der Waals surface area contributed by atoms with Crippen molar-refractivity contribution in [1.29, 1.82) is 0 Å². The van der Waals surface area contributed by atoms with Crippen molar-refractivity contribution in [3.63, 3.8) is 0 Å².